The van der Waals surface area contributed by atoms with Crippen LogP contribution in [0.25, 0.3) is 5.65 Å². The molecule has 8 heteroatoms. The number of methoxy groups -OCH3 is 1. The number of ether oxygens (including phenoxy) is 1. The summed E-state index contributed by atoms with van der Waals surface area (Å²) in [6, 6.07) is 8.54. The Labute approximate surface area is 125 Å². The van der Waals surface area contributed by atoms with E-state index in [0.29, 0.717) is 28.5 Å². The van der Waals surface area contributed by atoms with Crippen molar-refractivity contribution in [2.45, 2.75) is 6.92 Å². The molecule has 8 nitrogen and oxygen atoms in total. The first-order valence-electron chi connectivity index (χ1n) is 6.52. The maximum Gasteiger partial charge on any atom is 0.273 e. The number of hydrogen-bond donors (Lipinski definition) is 2. The number of nitrogens with one attached hydrogen (secondary N) is 1. The molecule has 0 unspecified atom stereocenters. The molecule has 22 heavy (non-hydrogen) atoms. The number of nitrogens with two attached hydrogens (primary N) is 1. The number of nitrogen functional groups attached to an aromatic ring is 1. The van der Waals surface area contributed by atoms with Gasteiger partial charge in [0.15, 0.2) is 11.3 Å². The monoisotopic (exact) mass is 298 g/mol. The van der Waals surface area contributed by atoms with Crippen LogP contribution in [0.1, 0.15) is 5.69 Å². The molecule has 0 aliphatic rings. The Morgan fingerprint density at radius 3 is 2.91 bits per heavy atom. The standard InChI is InChI=1S/C14H14N6O2/c1-8-6-11(21)20-14(16-8)12(13(15)19-20)18-17-9-4-3-5-10(7-9)22-2/h3-7,19H,15H2,1-2H3. The smallest absolute Gasteiger partial charge is 0.273 e. The first-order valence-corrected chi connectivity index (χ1v) is 6.52. The van der Waals surface area contributed by atoms with Crippen molar-refractivity contribution >= 4 is 22.8 Å². The lowest BCUT2D eigenvalue weighted by molar-refractivity contribution is 0.415. The Bertz CT molecular complexity index is 925. The molecule has 3 aromatic rings. The lowest BCUT2D eigenvalue weighted by atomic mass is 10.3. The van der Waals surface area contributed by atoms with Gasteiger partial charge in [-0.05, 0) is 19.1 Å². The van der Waals surface area contributed by atoms with E-state index in [2.05, 4.69) is 20.3 Å². The number of anilines is 1. The van der Waals surface area contributed by atoms with Gasteiger partial charge in [0.1, 0.15) is 11.6 Å². The van der Waals surface area contributed by atoms with E-state index in [1.165, 1.54) is 10.6 Å². The van der Waals surface area contributed by atoms with Gasteiger partial charge in [-0.25, -0.2) is 4.98 Å². The van der Waals surface area contributed by atoms with Gasteiger partial charge in [-0.15, -0.1) is 5.11 Å². The molecule has 0 aliphatic heterocycles. The van der Waals surface area contributed by atoms with Crippen LogP contribution in [-0.4, -0.2) is 21.7 Å². The Hall–Kier alpha value is -3.16. The van der Waals surface area contributed by atoms with Gasteiger partial charge in [-0.1, -0.05) is 6.07 Å². The number of benzene rings is 1. The number of aromatic amines is 1. The predicted octanol–water partition coefficient (Wildman–Crippen LogP) is 2.34. The molecule has 0 bridgehead atoms. The number of rotatable bonds is 3. The number of fused-ring (bicyclic) bond motifs is 1. The van der Waals surface area contributed by atoms with Crippen LogP contribution in [0.5, 0.6) is 5.75 Å². The van der Waals surface area contributed by atoms with Crippen molar-refractivity contribution < 1.29 is 4.74 Å². The minimum absolute atomic E-state index is 0.224. The van der Waals surface area contributed by atoms with Crippen molar-refractivity contribution in [1.82, 2.24) is 14.6 Å². The number of azo groups is 1. The lowest BCUT2D eigenvalue weighted by Gasteiger charge is -1.99. The Morgan fingerprint density at radius 2 is 2.14 bits per heavy atom. The molecule has 0 fully saturated rings. The number of hydrogen-bond acceptors (Lipinski definition) is 6. The molecule has 0 aliphatic carbocycles. The lowest BCUT2D eigenvalue weighted by Crippen LogP contribution is -2.14. The summed E-state index contributed by atoms with van der Waals surface area (Å²) in [5, 5.41) is 11.0. The van der Waals surface area contributed by atoms with Crippen molar-refractivity contribution in [3.05, 3.63) is 46.4 Å². The number of H-pyrrole nitrogens is 1. The molecule has 0 saturated heterocycles. The van der Waals surface area contributed by atoms with E-state index in [-0.39, 0.29) is 11.4 Å². The Kier molecular flexibility index (Phi) is 3.34. The fourth-order valence-electron chi connectivity index (χ4n) is 2.04. The van der Waals surface area contributed by atoms with E-state index in [1.54, 1.807) is 32.2 Å². The van der Waals surface area contributed by atoms with Gasteiger partial charge in [-0.3, -0.25) is 9.89 Å². The van der Waals surface area contributed by atoms with Crippen molar-refractivity contribution in [1.29, 1.82) is 0 Å². The van der Waals surface area contributed by atoms with Crippen molar-refractivity contribution in [2.24, 2.45) is 10.2 Å². The third kappa shape index (κ3) is 2.41. The largest absolute Gasteiger partial charge is 0.497 e. The van der Waals surface area contributed by atoms with E-state index in [1.807, 2.05) is 6.07 Å². The zero-order valence-electron chi connectivity index (χ0n) is 12.1. The fourth-order valence-corrected chi connectivity index (χ4v) is 2.04. The summed E-state index contributed by atoms with van der Waals surface area (Å²) >= 11 is 0. The first kappa shape index (κ1) is 13.8. The second kappa shape index (κ2) is 5.32. The molecule has 1 aromatic carbocycles. The Morgan fingerprint density at radius 1 is 1.32 bits per heavy atom. The van der Waals surface area contributed by atoms with Crippen molar-refractivity contribution in [3.63, 3.8) is 0 Å². The molecule has 112 valence electrons. The molecule has 0 saturated carbocycles. The van der Waals surface area contributed by atoms with Crippen LogP contribution < -0.4 is 16.0 Å². The molecule has 0 atom stereocenters. The zero-order valence-corrected chi connectivity index (χ0v) is 12.1. The third-order valence-corrected chi connectivity index (χ3v) is 3.06. The van der Waals surface area contributed by atoms with E-state index in [9.17, 15) is 4.79 Å². The number of nitrogens with zero attached hydrogens (tertiary/aromatic N) is 4. The maximum absolute atomic E-state index is 11.9. The SMILES string of the molecule is COc1cccc(N=Nc2c(N)[nH]n3c(=O)cc(C)nc23)c1. The van der Waals surface area contributed by atoms with E-state index < -0.39 is 0 Å². The van der Waals surface area contributed by atoms with E-state index in [0.717, 1.165) is 0 Å². The summed E-state index contributed by atoms with van der Waals surface area (Å²) in [5.74, 6) is 0.899. The van der Waals surface area contributed by atoms with Gasteiger partial charge >= 0.3 is 0 Å². The second-order valence-corrected chi connectivity index (χ2v) is 4.67. The highest BCUT2D eigenvalue weighted by molar-refractivity contribution is 5.75. The van der Waals surface area contributed by atoms with Crippen LogP contribution in [0.15, 0.2) is 45.4 Å². The predicted molar refractivity (Wildman–Crippen MR) is 82.1 cm³/mol. The molecule has 0 radical (unpaired) electrons. The minimum Gasteiger partial charge on any atom is -0.497 e. The molecule has 3 rings (SSSR count). The molecule has 2 aromatic heterocycles. The number of aromatic nitrogens is 3. The van der Waals surface area contributed by atoms with E-state index in [4.69, 9.17) is 10.5 Å². The quantitative estimate of drug-likeness (QED) is 0.723. The zero-order chi connectivity index (χ0) is 15.7. The Balaban J connectivity index is 2.08. The van der Waals surface area contributed by atoms with Crippen LogP contribution in [0.4, 0.5) is 17.2 Å². The molecular formula is C14H14N6O2. The maximum atomic E-state index is 11.9. The average Bonchev–Trinajstić information content (AvgIpc) is 2.81. The van der Waals surface area contributed by atoms with Gasteiger partial charge in [0.2, 0.25) is 0 Å². The third-order valence-electron chi connectivity index (χ3n) is 3.06. The average molecular weight is 298 g/mol. The summed E-state index contributed by atoms with van der Waals surface area (Å²) in [7, 11) is 1.58. The minimum atomic E-state index is -0.253. The van der Waals surface area contributed by atoms with Crippen molar-refractivity contribution in [2.75, 3.05) is 12.8 Å². The highest BCUT2D eigenvalue weighted by atomic mass is 16.5. The van der Waals surface area contributed by atoms with Crippen LogP contribution in [0.2, 0.25) is 0 Å². The van der Waals surface area contributed by atoms with Crippen LogP contribution in [0.3, 0.4) is 0 Å². The molecule has 3 N–H and O–H groups in total. The summed E-state index contributed by atoms with van der Waals surface area (Å²) in [6.45, 7) is 1.73. The van der Waals surface area contributed by atoms with Gasteiger partial charge in [-0.2, -0.15) is 9.63 Å². The fraction of sp³-hybridized carbons (Fsp3) is 0.143. The highest BCUT2D eigenvalue weighted by Crippen LogP contribution is 2.28. The van der Waals surface area contributed by atoms with Crippen LogP contribution in [0, 0.1) is 6.92 Å². The van der Waals surface area contributed by atoms with Gasteiger partial charge in [0, 0.05) is 17.8 Å². The topological polar surface area (TPSA) is 110 Å². The number of aryl methyl sites for hydroxylation is 1. The van der Waals surface area contributed by atoms with Crippen LogP contribution in [-0.2, 0) is 0 Å². The first-order chi connectivity index (χ1) is 10.6. The summed E-state index contributed by atoms with van der Waals surface area (Å²) in [5.41, 5.74) is 7.46. The van der Waals surface area contributed by atoms with Gasteiger partial charge < -0.3 is 10.5 Å². The summed E-state index contributed by atoms with van der Waals surface area (Å²) in [4.78, 5) is 16.1. The molecule has 2 heterocycles. The molecular weight excluding hydrogens is 284 g/mol. The second-order valence-electron chi connectivity index (χ2n) is 4.67. The van der Waals surface area contributed by atoms with Gasteiger partial charge in [0.05, 0.1) is 12.8 Å². The van der Waals surface area contributed by atoms with Gasteiger partial charge in [0.25, 0.3) is 5.56 Å². The normalized spacial score (nSPS) is 11.4. The van der Waals surface area contributed by atoms with Crippen LogP contribution >= 0.6 is 0 Å². The molecule has 0 amide bonds. The highest BCUT2D eigenvalue weighted by Gasteiger charge is 2.12. The summed E-state index contributed by atoms with van der Waals surface area (Å²) in [6.07, 6.45) is 0. The van der Waals surface area contributed by atoms with E-state index >= 15 is 0 Å². The molecule has 0 spiro atoms. The van der Waals surface area contributed by atoms with Crippen molar-refractivity contribution in [3.8, 4) is 5.75 Å². The summed E-state index contributed by atoms with van der Waals surface area (Å²) < 4.78 is 6.37.